The molecular formula is C18H22N2O2. The molecular weight excluding hydrogens is 276 g/mol. The minimum absolute atomic E-state index is 0.110. The van der Waals surface area contributed by atoms with Crippen LogP contribution in [0.5, 0.6) is 0 Å². The Morgan fingerprint density at radius 1 is 1.23 bits per heavy atom. The van der Waals surface area contributed by atoms with Gasteiger partial charge >= 0.3 is 0 Å². The van der Waals surface area contributed by atoms with Crippen molar-refractivity contribution in [2.75, 3.05) is 19.7 Å². The molecule has 22 heavy (non-hydrogen) atoms. The summed E-state index contributed by atoms with van der Waals surface area (Å²) in [6.45, 7) is 1.97. The van der Waals surface area contributed by atoms with Crippen LogP contribution in [0.25, 0.3) is 0 Å². The van der Waals surface area contributed by atoms with E-state index in [-0.39, 0.29) is 12.0 Å². The molecule has 1 unspecified atom stereocenters. The Hall–Kier alpha value is -1.86. The van der Waals surface area contributed by atoms with Crippen molar-refractivity contribution >= 4 is 5.91 Å². The summed E-state index contributed by atoms with van der Waals surface area (Å²) in [7, 11) is 0. The lowest BCUT2D eigenvalue weighted by atomic mass is 9.74. The Labute approximate surface area is 131 Å². The molecule has 2 aliphatic rings. The molecule has 4 nitrogen and oxygen atoms in total. The highest BCUT2D eigenvalue weighted by atomic mass is 16.5. The molecule has 0 bridgehead atoms. The number of piperidine rings is 1. The van der Waals surface area contributed by atoms with Crippen molar-refractivity contribution in [3.8, 4) is 6.07 Å². The van der Waals surface area contributed by atoms with E-state index in [0.717, 1.165) is 24.8 Å². The number of likely N-dealkylation sites (tertiary alicyclic amines) is 1. The number of ether oxygens (including phenoxy) is 1. The molecule has 1 aromatic rings. The van der Waals surface area contributed by atoms with Gasteiger partial charge in [0, 0.05) is 19.7 Å². The second-order valence-corrected chi connectivity index (χ2v) is 6.24. The second kappa shape index (κ2) is 6.50. The Balaban J connectivity index is 1.66. The molecule has 2 saturated heterocycles. The Bertz CT molecular complexity index is 550. The molecule has 2 fully saturated rings. The van der Waals surface area contributed by atoms with E-state index >= 15 is 0 Å². The first kappa shape index (κ1) is 15.1. The average Bonchev–Trinajstić information content (AvgIpc) is 2.63. The molecule has 1 aromatic carbocycles. The van der Waals surface area contributed by atoms with Crippen molar-refractivity contribution in [2.24, 2.45) is 0 Å². The van der Waals surface area contributed by atoms with Gasteiger partial charge in [0.05, 0.1) is 11.5 Å². The summed E-state index contributed by atoms with van der Waals surface area (Å²) in [5, 5.41) is 9.69. The monoisotopic (exact) mass is 298 g/mol. The van der Waals surface area contributed by atoms with Gasteiger partial charge in [0.2, 0.25) is 0 Å². The van der Waals surface area contributed by atoms with Crippen molar-refractivity contribution in [3.63, 3.8) is 0 Å². The van der Waals surface area contributed by atoms with Gasteiger partial charge in [0.25, 0.3) is 5.91 Å². The second-order valence-electron chi connectivity index (χ2n) is 6.24. The van der Waals surface area contributed by atoms with E-state index in [1.807, 2.05) is 35.2 Å². The molecule has 3 rings (SSSR count). The zero-order valence-electron chi connectivity index (χ0n) is 12.8. The van der Waals surface area contributed by atoms with Crippen molar-refractivity contribution in [1.29, 1.82) is 5.26 Å². The normalized spacial score (nSPS) is 24.5. The smallest absolute Gasteiger partial charge is 0.251 e. The van der Waals surface area contributed by atoms with Crippen LogP contribution in [0.1, 0.15) is 37.7 Å². The van der Waals surface area contributed by atoms with Crippen LogP contribution in [-0.4, -0.2) is 36.6 Å². The average molecular weight is 298 g/mol. The highest BCUT2D eigenvalue weighted by molar-refractivity contribution is 5.81. The fourth-order valence-corrected chi connectivity index (χ4v) is 3.47. The molecule has 0 aliphatic carbocycles. The molecule has 0 N–H and O–H groups in total. The number of benzene rings is 1. The van der Waals surface area contributed by atoms with Crippen LogP contribution in [0.15, 0.2) is 30.3 Å². The Morgan fingerprint density at radius 2 is 1.95 bits per heavy atom. The summed E-state index contributed by atoms with van der Waals surface area (Å²) in [4.78, 5) is 14.4. The van der Waals surface area contributed by atoms with Gasteiger partial charge in [0.15, 0.2) is 0 Å². The van der Waals surface area contributed by atoms with Gasteiger partial charge in [-0.1, -0.05) is 30.3 Å². The van der Waals surface area contributed by atoms with Gasteiger partial charge < -0.3 is 9.64 Å². The Kier molecular flexibility index (Phi) is 4.44. The van der Waals surface area contributed by atoms with Gasteiger partial charge in [-0.2, -0.15) is 5.26 Å². The minimum atomic E-state index is -0.453. The first-order valence-electron chi connectivity index (χ1n) is 8.12. The molecule has 4 heteroatoms. The number of carbonyl (C=O) groups is 1. The van der Waals surface area contributed by atoms with Gasteiger partial charge in [-0.3, -0.25) is 4.79 Å². The van der Waals surface area contributed by atoms with E-state index in [9.17, 15) is 10.1 Å². The number of amides is 1. The molecule has 116 valence electrons. The van der Waals surface area contributed by atoms with Crippen LogP contribution < -0.4 is 0 Å². The molecule has 0 spiro atoms. The molecule has 2 heterocycles. The van der Waals surface area contributed by atoms with Crippen LogP contribution in [0.4, 0.5) is 0 Å². The number of rotatable bonds is 2. The topological polar surface area (TPSA) is 53.3 Å². The number of nitrogens with zero attached hydrogens (tertiary/aromatic N) is 2. The van der Waals surface area contributed by atoms with Crippen LogP contribution in [0, 0.1) is 11.3 Å². The summed E-state index contributed by atoms with van der Waals surface area (Å²) < 4.78 is 5.60. The molecule has 2 aliphatic heterocycles. The Morgan fingerprint density at radius 3 is 2.55 bits per heavy atom. The molecule has 1 amide bonds. The summed E-state index contributed by atoms with van der Waals surface area (Å²) in [5.74, 6) is 0.110. The van der Waals surface area contributed by atoms with Gasteiger partial charge in [0.1, 0.15) is 6.10 Å². The van der Waals surface area contributed by atoms with Crippen molar-refractivity contribution < 1.29 is 9.53 Å². The van der Waals surface area contributed by atoms with E-state index in [1.165, 1.54) is 0 Å². The number of hydrogen-bond acceptors (Lipinski definition) is 3. The predicted octanol–water partition coefficient (Wildman–Crippen LogP) is 2.64. The number of hydrogen-bond donors (Lipinski definition) is 0. The molecule has 0 saturated carbocycles. The van der Waals surface area contributed by atoms with Gasteiger partial charge in [-0.15, -0.1) is 0 Å². The van der Waals surface area contributed by atoms with Crippen molar-refractivity contribution in [3.05, 3.63) is 35.9 Å². The fourth-order valence-electron chi connectivity index (χ4n) is 3.47. The lowest BCUT2D eigenvalue weighted by molar-refractivity contribution is -0.147. The molecule has 1 atom stereocenters. The van der Waals surface area contributed by atoms with Gasteiger partial charge in [-0.25, -0.2) is 0 Å². The fraction of sp³-hybridized carbons (Fsp3) is 0.556. The SMILES string of the molecule is N#CC1(c2ccccc2)CCN(C(=O)C2CCCCO2)CC1. The summed E-state index contributed by atoms with van der Waals surface area (Å²) in [6, 6.07) is 12.5. The largest absolute Gasteiger partial charge is 0.368 e. The first-order chi connectivity index (χ1) is 10.7. The first-order valence-corrected chi connectivity index (χ1v) is 8.12. The zero-order valence-corrected chi connectivity index (χ0v) is 12.8. The highest BCUT2D eigenvalue weighted by Gasteiger charge is 2.39. The number of nitriles is 1. The van der Waals surface area contributed by atoms with Crippen molar-refractivity contribution in [2.45, 2.75) is 43.6 Å². The van der Waals surface area contributed by atoms with E-state index in [4.69, 9.17) is 4.74 Å². The standard InChI is InChI=1S/C18H22N2O2/c19-14-18(15-6-2-1-3-7-15)9-11-20(12-10-18)17(21)16-8-4-5-13-22-16/h1-3,6-7,16H,4-5,8-13H2. The third-order valence-corrected chi connectivity index (χ3v) is 4.92. The van der Waals surface area contributed by atoms with E-state index in [2.05, 4.69) is 6.07 Å². The predicted molar refractivity (Wildman–Crippen MR) is 83.1 cm³/mol. The van der Waals surface area contributed by atoms with E-state index in [0.29, 0.717) is 32.5 Å². The van der Waals surface area contributed by atoms with Crippen LogP contribution >= 0.6 is 0 Å². The maximum atomic E-state index is 12.5. The summed E-state index contributed by atoms with van der Waals surface area (Å²) in [5.41, 5.74) is 0.615. The third kappa shape index (κ3) is 2.86. The van der Waals surface area contributed by atoms with Gasteiger partial charge in [-0.05, 0) is 37.7 Å². The third-order valence-electron chi connectivity index (χ3n) is 4.92. The van der Waals surface area contributed by atoms with Crippen LogP contribution in [0.2, 0.25) is 0 Å². The van der Waals surface area contributed by atoms with Crippen LogP contribution in [0.3, 0.4) is 0 Å². The van der Waals surface area contributed by atoms with Crippen molar-refractivity contribution in [1.82, 2.24) is 4.90 Å². The van der Waals surface area contributed by atoms with E-state index < -0.39 is 5.41 Å². The minimum Gasteiger partial charge on any atom is -0.368 e. The lowest BCUT2D eigenvalue weighted by Gasteiger charge is -2.39. The zero-order chi connectivity index (χ0) is 15.4. The quantitative estimate of drug-likeness (QED) is 0.843. The molecule has 0 radical (unpaired) electrons. The highest BCUT2D eigenvalue weighted by Crippen LogP contribution is 2.35. The summed E-state index contributed by atoms with van der Waals surface area (Å²) >= 11 is 0. The van der Waals surface area contributed by atoms with Crippen LogP contribution in [-0.2, 0) is 14.9 Å². The molecule has 0 aromatic heterocycles. The lowest BCUT2D eigenvalue weighted by Crippen LogP contribution is -2.49. The van der Waals surface area contributed by atoms with E-state index in [1.54, 1.807) is 0 Å². The maximum Gasteiger partial charge on any atom is 0.251 e. The summed E-state index contributed by atoms with van der Waals surface area (Å²) in [6.07, 6.45) is 4.08. The maximum absolute atomic E-state index is 12.5. The number of carbonyl (C=O) groups excluding carboxylic acids is 1.